The summed E-state index contributed by atoms with van der Waals surface area (Å²) in [6.45, 7) is 3.53. The third-order valence-corrected chi connectivity index (χ3v) is 2.24. The van der Waals surface area contributed by atoms with Gasteiger partial charge >= 0.3 is 0 Å². The number of carbonyl (C=O) groups excluding carboxylic acids is 1. The number of hydrogen-bond acceptors (Lipinski definition) is 3. The Balaban J connectivity index is 2.77. The van der Waals surface area contributed by atoms with Crippen LogP contribution in [0, 0.1) is 6.92 Å². The molecule has 1 rings (SSSR count). The Morgan fingerprint density at radius 1 is 1.56 bits per heavy atom. The predicted octanol–water partition coefficient (Wildman–Crippen LogP) is 0.184. The number of H-pyrrole nitrogens is 1. The van der Waals surface area contributed by atoms with Crippen LogP contribution in [0.2, 0.25) is 0 Å². The van der Waals surface area contributed by atoms with Gasteiger partial charge in [-0.1, -0.05) is 0 Å². The monoisotopic (exact) mass is 224 g/mol. The van der Waals surface area contributed by atoms with Crippen LogP contribution in [0.3, 0.4) is 0 Å². The van der Waals surface area contributed by atoms with Crippen LogP contribution in [0.15, 0.2) is 16.9 Å². The molecule has 0 aliphatic heterocycles. The minimum absolute atomic E-state index is 0.00566. The van der Waals surface area contributed by atoms with Crippen LogP contribution in [-0.4, -0.2) is 28.6 Å². The number of carbonyl (C=O) groups is 1. The van der Waals surface area contributed by atoms with Crippen molar-refractivity contribution < 1.29 is 9.90 Å². The van der Waals surface area contributed by atoms with E-state index in [9.17, 15) is 9.59 Å². The van der Waals surface area contributed by atoms with Gasteiger partial charge in [0.25, 0.3) is 11.5 Å². The lowest BCUT2D eigenvalue weighted by molar-refractivity contribution is 0.0933. The fraction of sp³-hybridized carbons (Fsp3) is 0.455. The van der Waals surface area contributed by atoms with Crippen LogP contribution in [-0.2, 0) is 0 Å². The molecule has 1 aromatic rings. The molecule has 1 unspecified atom stereocenters. The Morgan fingerprint density at radius 3 is 2.81 bits per heavy atom. The van der Waals surface area contributed by atoms with Gasteiger partial charge in [-0.15, -0.1) is 0 Å². The Hall–Kier alpha value is -1.62. The first-order valence-electron chi connectivity index (χ1n) is 5.16. The number of aliphatic hydroxyl groups excluding tert-OH is 1. The van der Waals surface area contributed by atoms with Crippen LogP contribution in [0.25, 0.3) is 0 Å². The Morgan fingerprint density at radius 2 is 2.25 bits per heavy atom. The maximum absolute atomic E-state index is 11.6. The van der Waals surface area contributed by atoms with Crippen molar-refractivity contribution in [1.82, 2.24) is 10.3 Å². The van der Waals surface area contributed by atoms with E-state index in [-0.39, 0.29) is 18.2 Å². The van der Waals surface area contributed by atoms with Crippen molar-refractivity contribution in [2.24, 2.45) is 0 Å². The van der Waals surface area contributed by atoms with Gasteiger partial charge in [0.05, 0.1) is 0 Å². The lowest BCUT2D eigenvalue weighted by Crippen LogP contribution is -2.36. The Labute approximate surface area is 93.5 Å². The van der Waals surface area contributed by atoms with E-state index < -0.39 is 11.5 Å². The second-order valence-corrected chi connectivity index (χ2v) is 3.77. The van der Waals surface area contributed by atoms with Crippen molar-refractivity contribution in [2.75, 3.05) is 6.61 Å². The highest BCUT2D eigenvalue weighted by Crippen LogP contribution is 1.96. The molecule has 1 aromatic heterocycles. The molecule has 0 saturated carbocycles. The largest absolute Gasteiger partial charge is 0.396 e. The van der Waals surface area contributed by atoms with Crippen LogP contribution >= 0.6 is 0 Å². The van der Waals surface area contributed by atoms with E-state index in [1.165, 1.54) is 6.07 Å². The standard InChI is InChI=1S/C11H16N2O3/c1-7-3-4-9(10(15)12-7)11(16)13-8(2)5-6-14/h3-4,8,14H,5-6H2,1-2H3,(H,12,15)(H,13,16). The van der Waals surface area contributed by atoms with Gasteiger partial charge in [-0.05, 0) is 32.4 Å². The minimum atomic E-state index is -0.415. The van der Waals surface area contributed by atoms with Gasteiger partial charge in [-0.2, -0.15) is 0 Å². The topological polar surface area (TPSA) is 82.2 Å². The number of aromatic nitrogens is 1. The summed E-state index contributed by atoms with van der Waals surface area (Å²) >= 11 is 0. The molecule has 1 atom stereocenters. The van der Waals surface area contributed by atoms with Gasteiger partial charge in [0.15, 0.2) is 0 Å². The lowest BCUT2D eigenvalue weighted by Gasteiger charge is -2.11. The number of aliphatic hydroxyl groups is 1. The van der Waals surface area contributed by atoms with Crippen LogP contribution in [0.1, 0.15) is 29.4 Å². The molecule has 3 N–H and O–H groups in total. The van der Waals surface area contributed by atoms with E-state index in [0.29, 0.717) is 12.1 Å². The summed E-state index contributed by atoms with van der Waals surface area (Å²) in [4.78, 5) is 25.7. The summed E-state index contributed by atoms with van der Waals surface area (Å²) in [7, 11) is 0. The third-order valence-electron chi connectivity index (χ3n) is 2.24. The second kappa shape index (κ2) is 5.46. The molecule has 0 aliphatic rings. The van der Waals surface area contributed by atoms with E-state index in [0.717, 1.165) is 0 Å². The van der Waals surface area contributed by atoms with Crippen LogP contribution < -0.4 is 10.9 Å². The first kappa shape index (κ1) is 12.4. The summed E-state index contributed by atoms with van der Waals surface area (Å²) in [5.74, 6) is -0.415. The first-order valence-corrected chi connectivity index (χ1v) is 5.16. The average molecular weight is 224 g/mol. The van der Waals surface area contributed by atoms with Gasteiger partial charge in [0, 0.05) is 18.3 Å². The highest BCUT2D eigenvalue weighted by molar-refractivity contribution is 5.93. The molecule has 5 nitrogen and oxygen atoms in total. The van der Waals surface area contributed by atoms with Crippen molar-refractivity contribution in [3.8, 4) is 0 Å². The lowest BCUT2D eigenvalue weighted by atomic mass is 10.2. The molecule has 0 aromatic carbocycles. The third kappa shape index (κ3) is 3.20. The Kier molecular flexibility index (Phi) is 4.25. The van der Waals surface area contributed by atoms with Gasteiger partial charge in [-0.25, -0.2) is 0 Å². The molecule has 0 aliphatic carbocycles. The quantitative estimate of drug-likeness (QED) is 0.682. The number of nitrogens with one attached hydrogen (secondary N) is 2. The zero-order valence-corrected chi connectivity index (χ0v) is 9.41. The molecule has 5 heteroatoms. The maximum atomic E-state index is 11.6. The minimum Gasteiger partial charge on any atom is -0.396 e. The van der Waals surface area contributed by atoms with Gasteiger partial charge in [-0.3, -0.25) is 9.59 Å². The van der Waals surface area contributed by atoms with E-state index in [2.05, 4.69) is 10.3 Å². The van der Waals surface area contributed by atoms with Gasteiger partial charge in [0.2, 0.25) is 0 Å². The number of amides is 1. The van der Waals surface area contributed by atoms with Crippen LogP contribution in [0.4, 0.5) is 0 Å². The molecule has 1 heterocycles. The second-order valence-electron chi connectivity index (χ2n) is 3.77. The normalized spacial score (nSPS) is 12.2. The number of aryl methyl sites for hydroxylation is 1. The number of rotatable bonds is 4. The predicted molar refractivity (Wildman–Crippen MR) is 60.4 cm³/mol. The van der Waals surface area contributed by atoms with Crippen molar-refractivity contribution in [3.05, 3.63) is 33.7 Å². The molecule has 0 saturated heterocycles. The zero-order chi connectivity index (χ0) is 12.1. The summed E-state index contributed by atoms with van der Waals surface area (Å²) in [5, 5.41) is 11.3. The molecule has 0 fully saturated rings. The van der Waals surface area contributed by atoms with Gasteiger partial charge < -0.3 is 15.4 Å². The number of hydrogen-bond donors (Lipinski definition) is 3. The van der Waals surface area contributed by atoms with Crippen LogP contribution in [0.5, 0.6) is 0 Å². The molecule has 0 bridgehead atoms. The van der Waals surface area contributed by atoms with E-state index in [1.807, 2.05) is 0 Å². The summed E-state index contributed by atoms with van der Waals surface area (Å²) in [6.07, 6.45) is 0.468. The molecular formula is C11H16N2O3. The zero-order valence-electron chi connectivity index (χ0n) is 9.41. The fourth-order valence-corrected chi connectivity index (χ4v) is 1.32. The van der Waals surface area contributed by atoms with Crippen molar-refractivity contribution in [3.63, 3.8) is 0 Å². The van der Waals surface area contributed by atoms with E-state index >= 15 is 0 Å². The van der Waals surface area contributed by atoms with Crippen molar-refractivity contribution in [1.29, 1.82) is 0 Å². The fourth-order valence-electron chi connectivity index (χ4n) is 1.32. The highest BCUT2D eigenvalue weighted by Gasteiger charge is 2.12. The number of pyridine rings is 1. The number of aromatic amines is 1. The van der Waals surface area contributed by atoms with Crippen molar-refractivity contribution in [2.45, 2.75) is 26.3 Å². The molecule has 16 heavy (non-hydrogen) atoms. The molecule has 1 amide bonds. The maximum Gasteiger partial charge on any atom is 0.260 e. The molecule has 88 valence electrons. The van der Waals surface area contributed by atoms with Gasteiger partial charge in [0.1, 0.15) is 5.56 Å². The summed E-state index contributed by atoms with van der Waals surface area (Å²) in [6, 6.07) is 3.01. The first-order chi connectivity index (χ1) is 7.54. The molecular weight excluding hydrogens is 208 g/mol. The smallest absolute Gasteiger partial charge is 0.260 e. The Bertz CT molecular complexity index is 425. The summed E-state index contributed by atoms with van der Waals surface area (Å²) in [5.41, 5.74) is 0.411. The SMILES string of the molecule is Cc1ccc(C(=O)NC(C)CCO)c(=O)[nH]1. The molecule has 0 spiro atoms. The summed E-state index contributed by atoms with van der Waals surface area (Å²) < 4.78 is 0. The molecule has 0 radical (unpaired) electrons. The van der Waals surface area contributed by atoms with E-state index in [4.69, 9.17) is 5.11 Å². The highest BCUT2D eigenvalue weighted by atomic mass is 16.3. The van der Waals surface area contributed by atoms with Crippen molar-refractivity contribution >= 4 is 5.91 Å². The van der Waals surface area contributed by atoms with E-state index in [1.54, 1.807) is 19.9 Å². The average Bonchev–Trinajstić information content (AvgIpc) is 2.17.